The Balaban J connectivity index is 4.15. The quantitative estimate of drug-likeness (QED) is 0.0345. The maximum atomic E-state index is 12.8. The van der Waals surface area contributed by atoms with Crippen molar-refractivity contribution in [3.05, 3.63) is 0 Å². The molecule has 356 valence electrons. The van der Waals surface area contributed by atoms with Crippen LogP contribution in [0.25, 0.3) is 0 Å². The van der Waals surface area contributed by atoms with Crippen molar-refractivity contribution in [2.45, 2.75) is 316 Å². The van der Waals surface area contributed by atoms with Crippen LogP contribution in [0.2, 0.25) is 0 Å². The van der Waals surface area contributed by atoms with Gasteiger partial charge in [0.2, 0.25) is 0 Å². The molecule has 6 heteroatoms. The summed E-state index contributed by atoms with van der Waals surface area (Å²) in [5.41, 5.74) is 0. The molecule has 0 heterocycles. The second kappa shape index (κ2) is 50.1. The topological polar surface area (TPSA) is 78.9 Å². The molecule has 0 aromatic carbocycles. The van der Waals surface area contributed by atoms with E-state index in [2.05, 4.69) is 20.8 Å². The highest BCUT2D eigenvalue weighted by molar-refractivity contribution is 5.71. The summed E-state index contributed by atoms with van der Waals surface area (Å²) in [5, 5.41) is 0. The van der Waals surface area contributed by atoms with Gasteiger partial charge in [-0.2, -0.15) is 0 Å². The van der Waals surface area contributed by atoms with Gasteiger partial charge in [0.15, 0.2) is 6.10 Å². The number of carbonyl (C=O) groups is 3. The highest BCUT2D eigenvalue weighted by Crippen LogP contribution is 2.17. The first-order valence-corrected chi connectivity index (χ1v) is 27.0. The Labute approximate surface area is 374 Å². The zero-order valence-corrected chi connectivity index (χ0v) is 40.8. The summed E-state index contributed by atoms with van der Waals surface area (Å²) >= 11 is 0. The fourth-order valence-electron chi connectivity index (χ4n) is 8.27. The molecular weight excluding hydrogens is 745 g/mol. The summed E-state index contributed by atoms with van der Waals surface area (Å²) in [6.45, 7) is 6.65. The zero-order chi connectivity index (χ0) is 43.7. The molecule has 60 heavy (non-hydrogen) atoms. The molecule has 0 saturated heterocycles. The third-order valence-electron chi connectivity index (χ3n) is 12.4. The molecule has 0 amide bonds. The van der Waals surface area contributed by atoms with Gasteiger partial charge in [0, 0.05) is 19.3 Å². The molecule has 0 aliphatic heterocycles. The van der Waals surface area contributed by atoms with Crippen molar-refractivity contribution in [3.8, 4) is 0 Å². The number of unbranched alkanes of at least 4 members (excludes halogenated alkanes) is 39. The van der Waals surface area contributed by atoms with Gasteiger partial charge in [-0.05, 0) is 19.3 Å². The lowest BCUT2D eigenvalue weighted by Gasteiger charge is -2.18. The second-order valence-corrected chi connectivity index (χ2v) is 18.5. The smallest absolute Gasteiger partial charge is 0.306 e. The molecule has 0 N–H and O–H groups in total. The fourth-order valence-corrected chi connectivity index (χ4v) is 8.27. The maximum absolute atomic E-state index is 12.8. The largest absolute Gasteiger partial charge is 0.462 e. The van der Waals surface area contributed by atoms with Crippen molar-refractivity contribution in [2.75, 3.05) is 13.2 Å². The van der Waals surface area contributed by atoms with E-state index in [1.54, 1.807) is 0 Å². The number of hydrogen-bond acceptors (Lipinski definition) is 6. The van der Waals surface area contributed by atoms with Gasteiger partial charge >= 0.3 is 17.9 Å². The molecule has 0 aromatic heterocycles. The molecule has 0 saturated carbocycles. The van der Waals surface area contributed by atoms with Crippen LogP contribution in [0.15, 0.2) is 0 Å². The Morgan fingerprint density at radius 3 is 0.667 bits per heavy atom. The third-order valence-corrected chi connectivity index (χ3v) is 12.4. The van der Waals surface area contributed by atoms with E-state index >= 15 is 0 Å². The van der Waals surface area contributed by atoms with E-state index in [1.807, 2.05) is 0 Å². The number of ether oxygens (including phenoxy) is 3. The minimum absolute atomic E-state index is 0.0621. The van der Waals surface area contributed by atoms with Crippen molar-refractivity contribution < 1.29 is 28.6 Å². The van der Waals surface area contributed by atoms with Crippen molar-refractivity contribution >= 4 is 17.9 Å². The van der Waals surface area contributed by atoms with Crippen LogP contribution in [0.5, 0.6) is 0 Å². The predicted molar refractivity (Wildman–Crippen MR) is 257 cm³/mol. The lowest BCUT2D eigenvalue weighted by atomic mass is 10.0. The Morgan fingerprint density at radius 2 is 0.450 bits per heavy atom. The molecule has 0 bridgehead atoms. The Kier molecular flexibility index (Phi) is 48.7. The van der Waals surface area contributed by atoms with Gasteiger partial charge < -0.3 is 14.2 Å². The molecule has 1 atom stereocenters. The van der Waals surface area contributed by atoms with E-state index < -0.39 is 6.10 Å². The number of esters is 3. The highest BCUT2D eigenvalue weighted by atomic mass is 16.6. The summed E-state index contributed by atoms with van der Waals surface area (Å²) in [5.74, 6) is -0.846. The molecule has 0 unspecified atom stereocenters. The first-order chi connectivity index (χ1) is 29.5. The van der Waals surface area contributed by atoms with Crippen LogP contribution in [-0.4, -0.2) is 37.2 Å². The van der Waals surface area contributed by atoms with Crippen LogP contribution in [0.4, 0.5) is 0 Å². The normalized spacial score (nSPS) is 11.8. The van der Waals surface area contributed by atoms with E-state index in [0.717, 1.165) is 57.8 Å². The molecular formula is C54H104O6. The van der Waals surface area contributed by atoms with Gasteiger partial charge in [-0.25, -0.2) is 0 Å². The van der Waals surface area contributed by atoms with Crippen LogP contribution >= 0.6 is 0 Å². The van der Waals surface area contributed by atoms with Gasteiger partial charge in [-0.15, -0.1) is 0 Å². The summed E-state index contributed by atoms with van der Waals surface area (Å²) in [7, 11) is 0. The summed E-state index contributed by atoms with van der Waals surface area (Å²) in [6, 6.07) is 0. The zero-order valence-electron chi connectivity index (χ0n) is 40.8. The molecule has 0 aromatic rings. The lowest BCUT2D eigenvalue weighted by molar-refractivity contribution is -0.167. The van der Waals surface area contributed by atoms with E-state index in [-0.39, 0.29) is 31.1 Å². The molecule has 0 fully saturated rings. The van der Waals surface area contributed by atoms with E-state index in [0.29, 0.717) is 19.3 Å². The van der Waals surface area contributed by atoms with Gasteiger partial charge in [0.05, 0.1) is 0 Å². The maximum Gasteiger partial charge on any atom is 0.306 e. The molecule has 0 aliphatic carbocycles. The fraction of sp³-hybridized carbons (Fsp3) is 0.944. The van der Waals surface area contributed by atoms with Crippen molar-refractivity contribution in [2.24, 2.45) is 0 Å². The molecule has 0 spiro atoms. The van der Waals surface area contributed by atoms with E-state index in [4.69, 9.17) is 14.2 Å². The predicted octanol–water partition coefficient (Wildman–Crippen LogP) is 17.6. The monoisotopic (exact) mass is 849 g/mol. The lowest BCUT2D eigenvalue weighted by Crippen LogP contribution is -2.30. The summed E-state index contributed by atoms with van der Waals surface area (Å²) in [4.78, 5) is 37.8. The number of carbonyl (C=O) groups excluding carboxylic acids is 3. The average molecular weight is 849 g/mol. The summed E-state index contributed by atoms with van der Waals surface area (Å²) in [6.07, 6.45) is 53.9. The van der Waals surface area contributed by atoms with Gasteiger partial charge in [-0.3, -0.25) is 14.4 Å². The van der Waals surface area contributed by atoms with Crippen molar-refractivity contribution in [1.29, 1.82) is 0 Å². The standard InChI is InChI=1S/C54H104O6/c1-4-7-10-13-16-18-20-22-24-26-27-28-30-31-33-35-38-41-44-47-53(56)59-50-51(49-58-52(55)46-43-40-37-15-12-9-6-3)60-54(57)48-45-42-39-36-34-32-29-25-23-21-19-17-14-11-8-5-2/h51H,4-50H2,1-3H3/t51-/m1/s1. The van der Waals surface area contributed by atoms with Crippen molar-refractivity contribution in [3.63, 3.8) is 0 Å². The van der Waals surface area contributed by atoms with Crippen molar-refractivity contribution in [1.82, 2.24) is 0 Å². The Morgan fingerprint density at radius 1 is 0.267 bits per heavy atom. The first kappa shape index (κ1) is 58.4. The van der Waals surface area contributed by atoms with Gasteiger partial charge in [0.1, 0.15) is 13.2 Å². The van der Waals surface area contributed by atoms with Gasteiger partial charge in [0.25, 0.3) is 0 Å². The average Bonchev–Trinajstić information content (AvgIpc) is 3.24. The molecule has 6 nitrogen and oxygen atoms in total. The number of rotatable bonds is 50. The van der Waals surface area contributed by atoms with Crippen LogP contribution in [0.3, 0.4) is 0 Å². The first-order valence-electron chi connectivity index (χ1n) is 27.0. The van der Waals surface area contributed by atoms with Gasteiger partial charge in [-0.1, -0.05) is 271 Å². The van der Waals surface area contributed by atoms with E-state index in [9.17, 15) is 14.4 Å². The Bertz CT molecular complexity index is 889. The van der Waals surface area contributed by atoms with E-state index in [1.165, 1.54) is 212 Å². The molecule has 0 aliphatic rings. The molecule has 0 radical (unpaired) electrons. The minimum Gasteiger partial charge on any atom is -0.462 e. The van der Waals surface area contributed by atoms with Crippen LogP contribution in [0, 0.1) is 0 Å². The molecule has 0 rings (SSSR count). The van der Waals surface area contributed by atoms with Crippen LogP contribution in [0.1, 0.15) is 310 Å². The Hall–Kier alpha value is -1.59. The highest BCUT2D eigenvalue weighted by Gasteiger charge is 2.19. The SMILES string of the molecule is CCCCCCCCCCCCCCCCCCCCCC(=O)OC[C@@H](COC(=O)CCCCCCCCC)OC(=O)CCCCCCCCCCCCCCCCCC. The minimum atomic E-state index is -0.759. The third kappa shape index (κ3) is 47.5. The second-order valence-electron chi connectivity index (χ2n) is 18.5. The van der Waals surface area contributed by atoms with Crippen LogP contribution in [-0.2, 0) is 28.6 Å². The number of hydrogen-bond donors (Lipinski definition) is 0. The van der Waals surface area contributed by atoms with Crippen LogP contribution < -0.4 is 0 Å². The summed E-state index contributed by atoms with van der Waals surface area (Å²) < 4.78 is 16.8.